The maximum absolute atomic E-state index is 10.4. The molecular weight excluding hydrogens is 272 g/mol. The Morgan fingerprint density at radius 2 is 1.76 bits per heavy atom. The summed E-state index contributed by atoms with van der Waals surface area (Å²) in [6, 6.07) is 0. The van der Waals surface area contributed by atoms with Crippen molar-refractivity contribution in [2.24, 2.45) is 5.41 Å². The number of aliphatic hydroxyl groups excluding tert-OH is 1. The van der Waals surface area contributed by atoms with Gasteiger partial charge in [0.15, 0.2) is 0 Å². The fraction of sp³-hybridized carbons (Fsp3) is 0.875. The van der Waals surface area contributed by atoms with Crippen molar-refractivity contribution in [1.29, 1.82) is 0 Å². The highest BCUT2D eigenvalue weighted by atomic mass is 16.8. The zero-order valence-electron chi connectivity index (χ0n) is 14.5. The third-order valence-electron chi connectivity index (χ3n) is 4.49. The highest BCUT2D eigenvalue weighted by Gasteiger charge is 2.54. The van der Waals surface area contributed by atoms with Crippen LogP contribution in [0.2, 0.25) is 0 Å². The number of allylic oxidation sites excluding steroid dienone is 1. The largest absolute Gasteiger partial charge is 0.386 e. The Hall–Kier alpha value is -0.460. The molecule has 1 saturated heterocycles. The molecule has 0 aromatic rings. The highest BCUT2D eigenvalue weighted by molar-refractivity contribution is 5.11. The minimum absolute atomic E-state index is 0.00209. The molecule has 0 aromatic heterocycles. The average molecular weight is 302 g/mol. The molecule has 5 nitrogen and oxygen atoms in total. The van der Waals surface area contributed by atoms with E-state index in [1.54, 1.807) is 21.0 Å². The Bertz CT molecular complexity index is 387. The third-order valence-corrected chi connectivity index (χ3v) is 4.49. The van der Waals surface area contributed by atoms with Gasteiger partial charge in [0.05, 0.1) is 6.61 Å². The Labute approximate surface area is 128 Å². The van der Waals surface area contributed by atoms with E-state index in [4.69, 9.17) is 18.9 Å². The molecule has 1 aliphatic heterocycles. The minimum atomic E-state index is -1.09. The van der Waals surface area contributed by atoms with Crippen LogP contribution >= 0.6 is 0 Å². The normalized spacial score (nSPS) is 36.6. The third kappa shape index (κ3) is 3.85. The second-order valence-electron chi connectivity index (χ2n) is 6.86. The molecule has 0 aliphatic carbocycles. The van der Waals surface area contributed by atoms with Crippen LogP contribution in [0.15, 0.2) is 11.6 Å². The maximum atomic E-state index is 10.4. The van der Waals surface area contributed by atoms with Gasteiger partial charge in [-0.05, 0) is 26.2 Å². The van der Waals surface area contributed by atoms with Gasteiger partial charge in [0.1, 0.15) is 12.2 Å². The zero-order chi connectivity index (χ0) is 16.5. The highest BCUT2D eigenvalue weighted by Crippen LogP contribution is 2.37. The van der Waals surface area contributed by atoms with Crippen LogP contribution < -0.4 is 0 Å². The van der Waals surface area contributed by atoms with Crippen molar-refractivity contribution in [3.63, 3.8) is 0 Å². The van der Waals surface area contributed by atoms with Crippen molar-refractivity contribution in [3.05, 3.63) is 11.6 Å². The van der Waals surface area contributed by atoms with Gasteiger partial charge in [-0.15, -0.1) is 0 Å². The Kier molecular flexibility index (Phi) is 5.61. The molecule has 1 aliphatic rings. The van der Waals surface area contributed by atoms with Gasteiger partial charge >= 0.3 is 0 Å². The van der Waals surface area contributed by atoms with E-state index in [1.165, 1.54) is 7.11 Å². The smallest absolute Gasteiger partial charge is 0.220 e. The second-order valence-corrected chi connectivity index (χ2v) is 6.86. The summed E-state index contributed by atoms with van der Waals surface area (Å²) in [7, 11) is 3.08. The molecule has 0 saturated carbocycles. The van der Waals surface area contributed by atoms with Crippen molar-refractivity contribution < 1.29 is 24.1 Å². The minimum Gasteiger partial charge on any atom is -0.386 e. The fourth-order valence-electron chi connectivity index (χ4n) is 2.06. The molecule has 5 heteroatoms. The summed E-state index contributed by atoms with van der Waals surface area (Å²) in [4.78, 5) is 0. The molecule has 0 unspecified atom stereocenters. The van der Waals surface area contributed by atoms with Crippen molar-refractivity contribution >= 4 is 0 Å². The molecule has 0 aromatic carbocycles. The van der Waals surface area contributed by atoms with Crippen molar-refractivity contribution in [2.75, 3.05) is 20.8 Å². The molecule has 0 spiro atoms. The van der Waals surface area contributed by atoms with Gasteiger partial charge in [-0.25, -0.2) is 0 Å². The van der Waals surface area contributed by atoms with Crippen LogP contribution in [0.5, 0.6) is 0 Å². The van der Waals surface area contributed by atoms with Crippen LogP contribution in [0.1, 0.15) is 41.5 Å². The van der Waals surface area contributed by atoms with E-state index in [0.29, 0.717) is 0 Å². The standard InChI is InChI=1S/C16H30O5/c1-11(14(2,3)4)9-12(17)13-10-20-15(5,18-7)16(6,19-8)21-13/h9,12-13,17H,10H2,1-8H3/b11-9+/t12-,13+,15-,16-/m1/s1. The number of hydrogen-bond acceptors (Lipinski definition) is 5. The van der Waals surface area contributed by atoms with E-state index in [-0.39, 0.29) is 12.0 Å². The van der Waals surface area contributed by atoms with E-state index in [9.17, 15) is 5.11 Å². The number of hydrogen-bond donors (Lipinski definition) is 1. The first kappa shape index (κ1) is 18.6. The van der Waals surface area contributed by atoms with Crippen LogP contribution in [0, 0.1) is 5.41 Å². The van der Waals surface area contributed by atoms with Gasteiger partial charge in [0.2, 0.25) is 11.6 Å². The SMILES string of the molecule is CO[C@]1(C)OC[C@@H]([C@H](O)/C=C(\C)C(C)(C)C)O[C@@]1(C)OC. The van der Waals surface area contributed by atoms with Crippen LogP contribution in [0.3, 0.4) is 0 Å². The molecule has 124 valence electrons. The van der Waals surface area contributed by atoms with Crippen LogP contribution in [0.25, 0.3) is 0 Å². The summed E-state index contributed by atoms with van der Waals surface area (Å²) >= 11 is 0. The molecule has 21 heavy (non-hydrogen) atoms. The van der Waals surface area contributed by atoms with Crippen molar-refractivity contribution in [3.8, 4) is 0 Å². The Balaban J connectivity index is 2.89. The lowest BCUT2D eigenvalue weighted by molar-refractivity contribution is -0.435. The van der Waals surface area contributed by atoms with Gasteiger partial charge in [-0.1, -0.05) is 32.4 Å². The van der Waals surface area contributed by atoms with Gasteiger partial charge in [0.25, 0.3) is 0 Å². The summed E-state index contributed by atoms with van der Waals surface area (Å²) in [5.41, 5.74) is 1.10. The Morgan fingerprint density at radius 1 is 1.24 bits per heavy atom. The number of aliphatic hydroxyl groups is 1. The quantitative estimate of drug-likeness (QED) is 0.809. The number of rotatable bonds is 4. The summed E-state index contributed by atoms with van der Waals surface area (Å²) in [6.45, 7) is 12.0. The van der Waals surface area contributed by atoms with E-state index in [2.05, 4.69) is 20.8 Å². The average Bonchev–Trinajstić information content (AvgIpc) is 2.40. The van der Waals surface area contributed by atoms with Gasteiger partial charge in [-0.2, -0.15) is 0 Å². The molecule has 4 atom stereocenters. The first-order valence-corrected chi connectivity index (χ1v) is 7.28. The first-order chi connectivity index (χ1) is 9.49. The molecule has 1 heterocycles. The predicted octanol–water partition coefficient (Wildman–Crippen LogP) is 2.48. The molecule has 1 N–H and O–H groups in total. The molecule has 0 bridgehead atoms. The lowest BCUT2D eigenvalue weighted by atomic mass is 9.86. The lowest BCUT2D eigenvalue weighted by Crippen LogP contribution is -2.63. The molecule has 1 fully saturated rings. The summed E-state index contributed by atoms with van der Waals surface area (Å²) < 4.78 is 22.5. The van der Waals surface area contributed by atoms with Gasteiger partial charge < -0.3 is 24.1 Å². The second kappa shape index (κ2) is 6.34. The fourth-order valence-corrected chi connectivity index (χ4v) is 2.06. The van der Waals surface area contributed by atoms with Crippen LogP contribution in [-0.2, 0) is 18.9 Å². The lowest BCUT2D eigenvalue weighted by Gasteiger charge is -2.49. The summed E-state index contributed by atoms with van der Waals surface area (Å²) in [6.07, 6.45) is 0.551. The monoisotopic (exact) mass is 302 g/mol. The summed E-state index contributed by atoms with van der Waals surface area (Å²) in [5.74, 6) is -2.10. The van der Waals surface area contributed by atoms with E-state index >= 15 is 0 Å². The first-order valence-electron chi connectivity index (χ1n) is 7.28. The molecule has 0 radical (unpaired) electrons. The van der Waals surface area contributed by atoms with E-state index in [0.717, 1.165) is 5.57 Å². The number of ether oxygens (including phenoxy) is 4. The Morgan fingerprint density at radius 3 is 2.19 bits per heavy atom. The van der Waals surface area contributed by atoms with Gasteiger partial charge in [0, 0.05) is 14.2 Å². The maximum Gasteiger partial charge on any atom is 0.220 e. The van der Waals surface area contributed by atoms with E-state index < -0.39 is 23.8 Å². The zero-order valence-corrected chi connectivity index (χ0v) is 14.5. The van der Waals surface area contributed by atoms with E-state index in [1.807, 2.05) is 13.0 Å². The van der Waals surface area contributed by atoms with Crippen molar-refractivity contribution in [1.82, 2.24) is 0 Å². The summed E-state index contributed by atoms with van der Waals surface area (Å²) in [5, 5.41) is 10.4. The van der Waals surface area contributed by atoms with Crippen molar-refractivity contribution in [2.45, 2.75) is 65.3 Å². The molecular formula is C16H30O5. The topological polar surface area (TPSA) is 57.2 Å². The van der Waals surface area contributed by atoms with Gasteiger partial charge in [-0.3, -0.25) is 0 Å². The van der Waals surface area contributed by atoms with Crippen LogP contribution in [0.4, 0.5) is 0 Å². The predicted molar refractivity (Wildman–Crippen MR) is 80.9 cm³/mol. The molecule has 0 amide bonds. The molecule has 1 rings (SSSR count). The van der Waals surface area contributed by atoms with Crippen LogP contribution in [-0.4, -0.2) is 49.7 Å². The number of methoxy groups -OCH3 is 2.